The molecule has 0 aromatic heterocycles. The standard InChI is InChI=1S/C17H23N3O7/c1-6-7-26-15(23)12-10(14(22)25-5)8-19-9-11(13(21)20(12)19)18-16(24)27-17(2,3)4/h6,11H,1,7-9H2,2-5H3,(H,18,24)/t11-/m1/s1. The number of carbonyl (C=O) groups excluding carboxylic acids is 4. The lowest BCUT2D eigenvalue weighted by Gasteiger charge is -2.21. The highest BCUT2D eigenvalue weighted by atomic mass is 16.6. The van der Waals surface area contributed by atoms with Crippen LogP contribution in [0.1, 0.15) is 20.8 Å². The van der Waals surface area contributed by atoms with Crippen LogP contribution >= 0.6 is 0 Å². The van der Waals surface area contributed by atoms with Crippen molar-refractivity contribution in [2.75, 3.05) is 26.8 Å². The first kappa shape index (κ1) is 20.4. The quantitative estimate of drug-likeness (QED) is 0.405. The molecule has 2 amide bonds. The minimum Gasteiger partial charge on any atom is -0.466 e. The number of alkyl carbamates (subject to hydrolysis) is 1. The van der Waals surface area contributed by atoms with Crippen molar-refractivity contribution in [2.24, 2.45) is 0 Å². The van der Waals surface area contributed by atoms with E-state index in [-0.39, 0.29) is 31.0 Å². The number of nitrogens with one attached hydrogen (secondary N) is 1. The van der Waals surface area contributed by atoms with Gasteiger partial charge in [-0.15, -0.1) is 0 Å². The fraction of sp³-hybridized carbons (Fsp3) is 0.529. The number of amides is 2. The van der Waals surface area contributed by atoms with Crippen molar-refractivity contribution in [3.63, 3.8) is 0 Å². The molecule has 10 nitrogen and oxygen atoms in total. The monoisotopic (exact) mass is 381 g/mol. The third kappa shape index (κ3) is 4.45. The minimum atomic E-state index is -0.929. The molecule has 0 saturated carbocycles. The van der Waals surface area contributed by atoms with Crippen LogP contribution < -0.4 is 5.32 Å². The van der Waals surface area contributed by atoms with Gasteiger partial charge in [0, 0.05) is 6.54 Å². The molecule has 2 heterocycles. The fourth-order valence-electron chi connectivity index (χ4n) is 2.68. The van der Waals surface area contributed by atoms with E-state index >= 15 is 0 Å². The number of methoxy groups -OCH3 is 1. The molecule has 148 valence electrons. The van der Waals surface area contributed by atoms with Crippen molar-refractivity contribution in [1.82, 2.24) is 15.3 Å². The summed E-state index contributed by atoms with van der Waals surface area (Å²) in [6.45, 7) is 8.50. The van der Waals surface area contributed by atoms with Gasteiger partial charge < -0.3 is 19.5 Å². The number of rotatable bonds is 5. The summed E-state index contributed by atoms with van der Waals surface area (Å²) < 4.78 is 14.8. The number of esters is 2. The Morgan fingerprint density at radius 1 is 1.30 bits per heavy atom. The molecular weight excluding hydrogens is 358 g/mol. The van der Waals surface area contributed by atoms with Gasteiger partial charge in [-0.2, -0.15) is 0 Å². The van der Waals surface area contributed by atoms with E-state index in [4.69, 9.17) is 9.47 Å². The Hall–Kier alpha value is -2.88. The summed E-state index contributed by atoms with van der Waals surface area (Å²) >= 11 is 0. The van der Waals surface area contributed by atoms with Gasteiger partial charge in [-0.3, -0.25) is 4.79 Å². The molecule has 0 bridgehead atoms. The van der Waals surface area contributed by atoms with E-state index in [2.05, 4.69) is 16.6 Å². The van der Waals surface area contributed by atoms with E-state index in [1.807, 2.05) is 0 Å². The van der Waals surface area contributed by atoms with Crippen LogP contribution in [-0.2, 0) is 28.6 Å². The first-order valence-corrected chi connectivity index (χ1v) is 8.27. The van der Waals surface area contributed by atoms with Crippen molar-refractivity contribution in [3.05, 3.63) is 23.9 Å². The highest BCUT2D eigenvalue weighted by Crippen LogP contribution is 2.30. The van der Waals surface area contributed by atoms with E-state index in [0.717, 1.165) is 5.01 Å². The highest BCUT2D eigenvalue weighted by Gasteiger charge is 2.50. The van der Waals surface area contributed by atoms with Crippen molar-refractivity contribution >= 4 is 23.9 Å². The topological polar surface area (TPSA) is 114 Å². The first-order valence-electron chi connectivity index (χ1n) is 8.27. The predicted octanol–water partition coefficient (Wildman–Crippen LogP) is 0.109. The normalized spacial score (nSPS) is 19.6. The van der Waals surface area contributed by atoms with Crippen LogP contribution in [0, 0.1) is 0 Å². The molecule has 27 heavy (non-hydrogen) atoms. The van der Waals surface area contributed by atoms with Crippen molar-refractivity contribution in [3.8, 4) is 0 Å². The molecule has 2 aliphatic rings. The van der Waals surface area contributed by atoms with E-state index in [9.17, 15) is 19.2 Å². The maximum absolute atomic E-state index is 12.7. The molecule has 2 aliphatic heterocycles. The van der Waals surface area contributed by atoms with Gasteiger partial charge in [0.1, 0.15) is 18.2 Å². The van der Waals surface area contributed by atoms with E-state index in [0.29, 0.717) is 0 Å². The van der Waals surface area contributed by atoms with Crippen LogP contribution in [-0.4, -0.2) is 72.4 Å². The molecule has 0 aromatic carbocycles. The maximum Gasteiger partial charge on any atom is 0.408 e. The molecule has 0 aromatic rings. The average Bonchev–Trinajstić information content (AvgIpc) is 3.07. The Balaban J connectivity index is 2.22. The van der Waals surface area contributed by atoms with Crippen LogP contribution in [0.5, 0.6) is 0 Å². The first-order chi connectivity index (χ1) is 12.6. The van der Waals surface area contributed by atoms with Crippen molar-refractivity contribution in [1.29, 1.82) is 0 Å². The lowest BCUT2D eigenvalue weighted by atomic mass is 10.2. The smallest absolute Gasteiger partial charge is 0.408 e. The Morgan fingerprint density at radius 2 is 1.96 bits per heavy atom. The van der Waals surface area contributed by atoms with E-state index < -0.39 is 35.6 Å². The van der Waals surface area contributed by atoms with Gasteiger partial charge in [-0.05, 0) is 20.8 Å². The number of ether oxygens (including phenoxy) is 3. The summed E-state index contributed by atoms with van der Waals surface area (Å²) in [4.78, 5) is 49.0. The van der Waals surface area contributed by atoms with Gasteiger partial charge in [-0.25, -0.2) is 24.4 Å². The van der Waals surface area contributed by atoms with E-state index in [1.165, 1.54) is 18.2 Å². The zero-order valence-electron chi connectivity index (χ0n) is 15.7. The Bertz CT molecular complexity index is 708. The second-order valence-electron chi connectivity index (χ2n) is 6.90. The molecule has 1 N–H and O–H groups in total. The SMILES string of the molecule is C=CCOC(=O)C1=C(C(=O)OC)CN2C[C@@H](NC(=O)OC(C)(C)C)C(=O)N12. The Kier molecular flexibility index (Phi) is 5.89. The summed E-state index contributed by atoms with van der Waals surface area (Å²) in [7, 11) is 1.18. The van der Waals surface area contributed by atoms with Crippen LogP contribution in [0.3, 0.4) is 0 Å². The van der Waals surface area contributed by atoms with Gasteiger partial charge in [0.15, 0.2) is 5.70 Å². The Labute approximate surface area is 156 Å². The van der Waals surface area contributed by atoms with Gasteiger partial charge in [0.05, 0.1) is 19.2 Å². The third-order valence-corrected chi connectivity index (χ3v) is 3.67. The second-order valence-corrected chi connectivity index (χ2v) is 6.90. The molecule has 10 heteroatoms. The number of fused-ring (bicyclic) bond motifs is 1. The molecule has 0 spiro atoms. The molecule has 1 atom stereocenters. The van der Waals surface area contributed by atoms with Crippen molar-refractivity contribution < 1.29 is 33.4 Å². The average molecular weight is 381 g/mol. The minimum absolute atomic E-state index is 0.00984. The molecule has 0 unspecified atom stereocenters. The lowest BCUT2D eigenvalue weighted by molar-refractivity contribution is -0.146. The zero-order chi connectivity index (χ0) is 20.4. The number of hydrogen-bond acceptors (Lipinski definition) is 8. The summed E-state index contributed by atoms with van der Waals surface area (Å²) in [6, 6.07) is -0.929. The number of hydrogen-bond donors (Lipinski definition) is 1. The lowest BCUT2D eigenvalue weighted by Crippen LogP contribution is -2.45. The summed E-state index contributed by atoms with van der Waals surface area (Å²) in [6.07, 6.45) is 0.609. The Morgan fingerprint density at radius 3 is 2.52 bits per heavy atom. The highest BCUT2D eigenvalue weighted by molar-refractivity contribution is 6.05. The number of nitrogens with zero attached hydrogens (tertiary/aromatic N) is 2. The summed E-state index contributed by atoms with van der Waals surface area (Å²) in [5.41, 5.74) is -0.933. The summed E-state index contributed by atoms with van der Waals surface area (Å²) in [5, 5.41) is 4.97. The molecule has 0 radical (unpaired) electrons. The van der Waals surface area contributed by atoms with Crippen LogP contribution in [0.4, 0.5) is 4.79 Å². The largest absolute Gasteiger partial charge is 0.466 e. The van der Waals surface area contributed by atoms with Crippen molar-refractivity contribution in [2.45, 2.75) is 32.4 Å². The zero-order valence-corrected chi connectivity index (χ0v) is 15.7. The fourth-order valence-corrected chi connectivity index (χ4v) is 2.68. The van der Waals surface area contributed by atoms with Gasteiger partial charge in [0.25, 0.3) is 5.91 Å². The van der Waals surface area contributed by atoms with E-state index in [1.54, 1.807) is 20.8 Å². The third-order valence-electron chi connectivity index (χ3n) is 3.67. The molecule has 2 rings (SSSR count). The number of hydrazine groups is 1. The van der Waals surface area contributed by atoms with Gasteiger partial charge in [0.2, 0.25) is 0 Å². The second kappa shape index (κ2) is 7.78. The molecule has 1 saturated heterocycles. The number of carbonyl (C=O) groups is 4. The molecular formula is C17H23N3O7. The maximum atomic E-state index is 12.7. The molecule has 1 fully saturated rings. The molecule has 0 aliphatic carbocycles. The van der Waals surface area contributed by atoms with Crippen LogP contribution in [0.25, 0.3) is 0 Å². The predicted molar refractivity (Wildman–Crippen MR) is 91.8 cm³/mol. The van der Waals surface area contributed by atoms with Crippen LogP contribution in [0.15, 0.2) is 23.9 Å². The van der Waals surface area contributed by atoms with Gasteiger partial charge >= 0.3 is 18.0 Å². The summed E-state index contributed by atoms with van der Waals surface area (Å²) in [5.74, 6) is -2.17. The van der Waals surface area contributed by atoms with Crippen LogP contribution in [0.2, 0.25) is 0 Å². The van der Waals surface area contributed by atoms with Gasteiger partial charge in [-0.1, -0.05) is 12.7 Å².